The van der Waals surface area contributed by atoms with E-state index in [1.54, 1.807) is 0 Å². The van der Waals surface area contributed by atoms with E-state index in [0.29, 0.717) is 5.92 Å². The first-order valence-corrected chi connectivity index (χ1v) is 7.37. The number of nitrogens with zero attached hydrogens (tertiary/aromatic N) is 2. The molecule has 0 amide bonds. The highest BCUT2D eigenvalue weighted by atomic mass is 15.1. The second-order valence-electron chi connectivity index (χ2n) is 6.10. The summed E-state index contributed by atoms with van der Waals surface area (Å²) in [7, 11) is 0. The van der Waals surface area contributed by atoms with Crippen molar-refractivity contribution in [2.75, 3.05) is 13.1 Å². The van der Waals surface area contributed by atoms with Gasteiger partial charge in [0.05, 0.1) is 6.07 Å². The molecule has 0 bridgehead atoms. The summed E-state index contributed by atoms with van der Waals surface area (Å²) in [6, 6.07) is 11.4. The van der Waals surface area contributed by atoms with Crippen molar-refractivity contribution in [2.24, 2.45) is 11.8 Å². The molecule has 2 nitrogen and oxygen atoms in total. The van der Waals surface area contributed by atoms with Crippen LogP contribution in [0.15, 0.2) is 24.3 Å². The van der Waals surface area contributed by atoms with Crippen molar-refractivity contribution >= 4 is 0 Å². The Labute approximate surface area is 117 Å². The fraction of sp³-hybridized carbons (Fsp3) is 0.588. The molecule has 0 N–H and O–H groups in total. The Morgan fingerprint density at radius 1 is 1.26 bits per heavy atom. The second kappa shape index (κ2) is 6.73. The number of likely N-dealkylation sites (tertiary alicyclic amines) is 1. The van der Waals surface area contributed by atoms with Crippen molar-refractivity contribution in [2.45, 2.75) is 39.7 Å². The normalized spacial score (nSPS) is 17.6. The molecule has 1 aromatic rings. The van der Waals surface area contributed by atoms with Gasteiger partial charge in [-0.2, -0.15) is 5.26 Å². The fourth-order valence-corrected chi connectivity index (χ4v) is 2.80. The summed E-state index contributed by atoms with van der Waals surface area (Å²) in [4.78, 5) is 2.47. The van der Waals surface area contributed by atoms with Crippen LogP contribution < -0.4 is 0 Å². The first kappa shape index (κ1) is 14.1. The minimum absolute atomic E-state index is 0.281. The quantitative estimate of drug-likeness (QED) is 0.822. The molecule has 1 fully saturated rings. The van der Waals surface area contributed by atoms with Gasteiger partial charge in [0, 0.05) is 12.5 Å². The molecule has 2 heteroatoms. The van der Waals surface area contributed by atoms with Crippen LogP contribution in [-0.2, 0) is 13.0 Å². The van der Waals surface area contributed by atoms with Crippen molar-refractivity contribution < 1.29 is 0 Å². The van der Waals surface area contributed by atoms with Gasteiger partial charge in [-0.25, -0.2) is 0 Å². The zero-order chi connectivity index (χ0) is 13.7. The molecule has 0 unspecified atom stereocenters. The maximum absolute atomic E-state index is 8.92. The predicted octanol–water partition coefficient (Wildman–Crippen LogP) is 3.62. The minimum Gasteiger partial charge on any atom is -0.299 e. The van der Waals surface area contributed by atoms with Crippen LogP contribution in [-0.4, -0.2) is 18.0 Å². The molecule has 1 aromatic carbocycles. The molecule has 0 aliphatic carbocycles. The smallest absolute Gasteiger partial charge is 0.0656 e. The van der Waals surface area contributed by atoms with Crippen LogP contribution in [0.25, 0.3) is 0 Å². The van der Waals surface area contributed by atoms with Gasteiger partial charge in [-0.3, -0.25) is 4.90 Å². The van der Waals surface area contributed by atoms with E-state index in [4.69, 9.17) is 5.26 Å². The van der Waals surface area contributed by atoms with Gasteiger partial charge >= 0.3 is 0 Å². The lowest BCUT2D eigenvalue weighted by Crippen LogP contribution is -2.32. The third-order valence-electron chi connectivity index (χ3n) is 3.81. The largest absolute Gasteiger partial charge is 0.299 e. The second-order valence-corrected chi connectivity index (χ2v) is 6.10. The molecule has 0 saturated carbocycles. The molecule has 0 atom stereocenters. The molecule has 2 rings (SSSR count). The molecule has 102 valence electrons. The van der Waals surface area contributed by atoms with E-state index >= 15 is 0 Å². The predicted molar refractivity (Wildman–Crippen MR) is 78.6 cm³/mol. The highest BCUT2D eigenvalue weighted by Crippen LogP contribution is 2.19. The summed E-state index contributed by atoms with van der Waals surface area (Å²) < 4.78 is 0. The molecule has 19 heavy (non-hydrogen) atoms. The monoisotopic (exact) mass is 256 g/mol. The average molecular weight is 256 g/mol. The third kappa shape index (κ3) is 4.36. The molecule has 0 aromatic heterocycles. The van der Waals surface area contributed by atoms with E-state index in [0.717, 1.165) is 38.9 Å². The van der Waals surface area contributed by atoms with Crippen molar-refractivity contribution in [3.05, 3.63) is 35.4 Å². The average Bonchev–Trinajstić information content (AvgIpc) is 2.39. The Morgan fingerprint density at radius 2 is 1.95 bits per heavy atom. The zero-order valence-corrected chi connectivity index (χ0v) is 12.1. The summed E-state index contributed by atoms with van der Waals surface area (Å²) in [5.41, 5.74) is 2.85. The standard InChI is InChI=1S/C17H24N2/c1-14(2)10-16-4-3-5-17(11-16)13-19-8-6-15(12-18)7-9-19/h3-5,11,14-15H,6-10,13H2,1-2H3. The number of hydrogen-bond donors (Lipinski definition) is 0. The number of hydrogen-bond acceptors (Lipinski definition) is 2. The minimum atomic E-state index is 0.281. The Kier molecular flexibility index (Phi) is 4.99. The van der Waals surface area contributed by atoms with Gasteiger partial charge in [0.1, 0.15) is 0 Å². The van der Waals surface area contributed by atoms with Gasteiger partial charge in [-0.15, -0.1) is 0 Å². The van der Waals surface area contributed by atoms with E-state index < -0.39 is 0 Å². The molecule has 1 heterocycles. The summed E-state index contributed by atoms with van der Waals surface area (Å²) >= 11 is 0. The number of rotatable bonds is 4. The maximum Gasteiger partial charge on any atom is 0.0656 e. The van der Waals surface area contributed by atoms with Crippen molar-refractivity contribution in [1.82, 2.24) is 4.90 Å². The van der Waals surface area contributed by atoms with Gasteiger partial charge in [0.25, 0.3) is 0 Å². The summed E-state index contributed by atoms with van der Waals surface area (Å²) in [6.45, 7) is 7.68. The van der Waals surface area contributed by atoms with Crippen LogP contribution in [0.2, 0.25) is 0 Å². The highest BCUT2D eigenvalue weighted by molar-refractivity contribution is 5.23. The first-order valence-electron chi connectivity index (χ1n) is 7.37. The van der Waals surface area contributed by atoms with E-state index in [1.165, 1.54) is 11.1 Å². The summed E-state index contributed by atoms with van der Waals surface area (Å²) in [5, 5.41) is 8.92. The molecular formula is C17H24N2. The third-order valence-corrected chi connectivity index (χ3v) is 3.81. The Hall–Kier alpha value is -1.33. The topological polar surface area (TPSA) is 27.0 Å². The van der Waals surface area contributed by atoms with Crippen LogP contribution >= 0.6 is 0 Å². The van der Waals surface area contributed by atoms with Crippen LogP contribution in [0.4, 0.5) is 0 Å². The summed E-state index contributed by atoms with van der Waals surface area (Å²) in [6.07, 6.45) is 3.22. The van der Waals surface area contributed by atoms with Crippen LogP contribution in [0.1, 0.15) is 37.8 Å². The van der Waals surface area contributed by atoms with E-state index in [-0.39, 0.29) is 5.92 Å². The SMILES string of the molecule is CC(C)Cc1cccc(CN2CCC(C#N)CC2)c1. The molecule has 1 aliphatic heterocycles. The van der Waals surface area contributed by atoms with Gasteiger partial charge in [-0.05, 0) is 49.4 Å². The Morgan fingerprint density at radius 3 is 2.58 bits per heavy atom. The fourth-order valence-electron chi connectivity index (χ4n) is 2.80. The Bertz CT molecular complexity index is 437. The first-order chi connectivity index (χ1) is 9.17. The van der Waals surface area contributed by atoms with Gasteiger partial charge < -0.3 is 0 Å². The molecular weight excluding hydrogens is 232 g/mol. The molecule has 1 saturated heterocycles. The maximum atomic E-state index is 8.92. The van der Waals surface area contributed by atoms with E-state index in [2.05, 4.69) is 49.1 Å². The highest BCUT2D eigenvalue weighted by Gasteiger charge is 2.18. The van der Waals surface area contributed by atoms with Crippen molar-refractivity contribution in [1.29, 1.82) is 5.26 Å². The number of nitriles is 1. The molecule has 0 radical (unpaired) electrons. The van der Waals surface area contributed by atoms with Gasteiger partial charge in [-0.1, -0.05) is 38.1 Å². The van der Waals surface area contributed by atoms with E-state index in [9.17, 15) is 0 Å². The number of benzene rings is 1. The lowest BCUT2D eigenvalue weighted by Gasteiger charge is -2.29. The van der Waals surface area contributed by atoms with Gasteiger partial charge in [0.15, 0.2) is 0 Å². The Balaban J connectivity index is 1.91. The lowest BCUT2D eigenvalue weighted by molar-refractivity contribution is 0.198. The van der Waals surface area contributed by atoms with E-state index in [1.807, 2.05) is 0 Å². The number of piperidine rings is 1. The van der Waals surface area contributed by atoms with Crippen LogP contribution in [0, 0.1) is 23.2 Å². The molecule has 0 spiro atoms. The zero-order valence-electron chi connectivity index (χ0n) is 12.1. The lowest BCUT2D eigenvalue weighted by atomic mass is 9.97. The molecule has 1 aliphatic rings. The van der Waals surface area contributed by atoms with Crippen molar-refractivity contribution in [3.63, 3.8) is 0 Å². The van der Waals surface area contributed by atoms with Crippen LogP contribution in [0.5, 0.6) is 0 Å². The van der Waals surface area contributed by atoms with Crippen molar-refractivity contribution in [3.8, 4) is 6.07 Å². The van der Waals surface area contributed by atoms with Crippen LogP contribution in [0.3, 0.4) is 0 Å². The summed E-state index contributed by atoms with van der Waals surface area (Å²) in [5.74, 6) is 0.991. The van der Waals surface area contributed by atoms with Gasteiger partial charge in [0.2, 0.25) is 0 Å².